The summed E-state index contributed by atoms with van der Waals surface area (Å²) in [6.07, 6.45) is 5.68. The molecule has 0 amide bonds. The van der Waals surface area contributed by atoms with Gasteiger partial charge in [-0.2, -0.15) is 0 Å². The number of nitrogens with zero attached hydrogens (tertiary/aromatic N) is 4. The molecule has 4 aromatic rings. The molecule has 0 unspecified atom stereocenters. The summed E-state index contributed by atoms with van der Waals surface area (Å²) in [6, 6.07) is 21.4. The molecule has 5 rings (SSSR count). The molecule has 3 aromatic heterocycles. The van der Waals surface area contributed by atoms with Crippen LogP contribution in [0.15, 0.2) is 85.3 Å². The monoisotopic (exact) mass is 519 g/mol. The first-order valence-corrected chi connectivity index (χ1v) is 12.4. The molecule has 36 heavy (non-hydrogen) atoms. The summed E-state index contributed by atoms with van der Waals surface area (Å²) in [6.45, 7) is 1.55. The Bertz CT molecular complexity index is 1320. The number of benzene rings is 1. The molecule has 0 aliphatic carbocycles. The van der Waals surface area contributed by atoms with Crippen molar-refractivity contribution in [3.8, 4) is 5.75 Å². The third kappa shape index (κ3) is 5.06. The molecule has 1 saturated heterocycles. The molecule has 1 fully saturated rings. The fourth-order valence-corrected chi connectivity index (χ4v) is 5.01. The van der Waals surface area contributed by atoms with Gasteiger partial charge in [0, 0.05) is 37.1 Å². The molecule has 1 aliphatic heterocycles. The number of rotatable bonds is 9. The highest BCUT2D eigenvalue weighted by atomic mass is 35.5. The zero-order chi connectivity index (χ0) is 24.9. The first-order chi connectivity index (χ1) is 17.7. The number of methoxy groups -OCH3 is 1. The second-order valence-electron chi connectivity index (χ2n) is 8.33. The fourth-order valence-electron chi connectivity index (χ4n) is 4.43. The van der Waals surface area contributed by atoms with E-state index in [0.717, 1.165) is 22.8 Å². The van der Waals surface area contributed by atoms with Gasteiger partial charge >= 0.3 is 0 Å². The minimum atomic E-state index is -0.164. The van der Waals surface area contributed by atoms with Gasteiger partial charge in [0.25, 0.3) is 0 Å². The van der Waals surface area contributed by atoms with E-state index in [1.165, 1.54) is 0 Å². The number of hydrogen-bond acceptors (Lipinski definition) is 5. The third-order valence-electron chi connectivity index (χ3n) is 6.06. The van der Waals surface area contributed by atoms with Crippen LogP contribution in [0.5, 0.6) is 5.75 Å². The molecule has 0 radical (unpaired) electrons. The van der Waals surface area contributed by atoms with Crippen LogP contribution in [-0.4, -0.2) is 40.0 Å². The Morgan fingerprint density at radius 3 is 2.56 bits per heavy atom. The quantitative estimate of drug-likeness (QED) is 0.241. The average Bonchev–Trinajstić information content (AvgIpc) is 3.49. The molecule has 0 saturated carbocycles. The molecule has 0 bridgehead atoms. The second-order valence-corrected chi connectivity index (χ2v) is 9.13. The standard InChI is InChI=1S/C27H26ClN5O2S/c1-34-15-16-35-24-11-10-20(17-21(24)28)33-26(25(31-27(33)36)22-8-3-5-13-30-22)23-9-6-14-32(23)18-19-7-2-4-12-29-19/h2-14,17,25-26H,15-16,18H2,1H3,(H,31,36)/t25-,26+/m0/s1. The Balaban J connectivity index is 1.53. The lowest BCUT2D eigenvalue weighted by Gasteiger charge is -2.29. The third-order valence-corrected chi connectivity index (χ3v) is 6.67. The number of halogens is 1. The molecule has 7 nitrogen and oxygen atoms in total. The Labute approximate surface area is 220 Å². The number of hydrogen-bond donors (Lipinski definition) is 1. The summed E-state index contributed by atoms with van der Waals surface area (Å²) in [5.41, 5.74) is 3.83. The van der Waals surface area contributed by atoms with Crippen LogP contribution in [-0.2, 0) is 11.3 Å². The van der Waals surface area contributed by atoms with Gasteiger partial charge < -0.3 is 24.3 Å². The van der Waals surface area contributed by atoms with Crippen molar-refractivity contribution in [2.75, 3.05) is 25.2 Å². The van der Waals surface area contributed by atoms with Gasteiger partial charge in [-0.15, -0.1) is 0 Å². The Hall–Kier alpha value is -3.46. The van der Waals surface area contributed by atoms with Gasteiger partial charge in [-0.3, -0.25) is 9.97 Å². The Morgan fingerprint density at radius 1 is 1.00 bits per heavy atom. The summed E-state index contributed by atoms with van der Waals surface area (Å²) in [4.78, 5) is 11.3. The second kappa shape index (κ2) is 11.1. The Morgan fingerprint density at radius 2 is 1.83 bits per heavy atom. The molecule has 184 valence electrons. The van der Waals surface area contributed by atoms with Crippen LogP contribution in [0.1, 0.15) is 29.2 Å². The van der Waals surface area contributed by atoms with E-state index in [1.807, 2.05) is 66.9 Å². The molecule has 1 aliphatic rings. The van der Waals surface area contributed by atoms with E-state index in [4.69, 9.17) is 33.3 Å². The highest BCUT2D eigenvalue weighted by Crippen LogP contribution is 2.43. The van der Waals surface area contributed by atoms with Crippen LogP contribution in [0.3, 0.4) is 0 Å². The van der Waals surface area contributed by atoms with Crippen LogP contribution in [0.25, 0.3) is 0 Å². The van der Waals surface area contributed by atoms with E-state index in [1.54, 1.807) is 13.3 Å². The first kappa shape index (κ1) is 24.2. The van der Waals surface area contributed by atoms with Crippen molar-refractivity contribution in [1.29, 1.82) is 0 Å². The van der Waals surface area contributed by atoms with Gasteiger partial charge in [0.2, 0.25) is 0 Å². The van der Waals surface area contributed by atoms with E-state index >= 15 is 0 Å². The van der Waals surface area contributed by atoms with Crippen molar-refractivity contribution in [3.05, 3.63) is 107 Å². The van der Waals surface area contributed by atoms with Gasteiger partial charge in [0.05, 0.1) is 35.6 Å². The first-order valence-electron chi connectivity index (χ1n) is 11.6. The van der Waals surface area contributed by atoms with E-state index in [0.29, 0.717) is 35.6 Å². The highest BCUT2D eigenvalue weighted by Gasteiger charge is 2.42. The summed E-state index contributed by atoms with van der Waals surface area (Å²) in [5, 5.41) is 4.61. The largest absolute Gasteiger partial charge is 0.490 e. The van der Waals surface area contributed by atoms with Crippen LogP contribution >= 0.6 is 23.8 Å². The zero-order valence-corrected chi connectivity index (χ0v) is 21.3. The van der Waals surface area contributed by atoms with Crippen LogP contribution < -0.4 is 15.0 Å². The molecule has 0 spiro atoms. The zero-order valence-electron chi connectivity index (χ0n) is 19.8. The molecule has 2 atom stereocenters. The predicted octanol–water partition coefficient (Wildman–Crippen LogP) is 5.18. The number of pyridine rings is 2. The lowest BCUT2D eigenvalue weighted by atomic mass is 10.0. The van der Waals surface area contributed by atoms with E-state index in [-0.39, 0.29) is 12.1 Å². The van der Waals surface area contributed by atoms with Crippen molar-refractivity contribution in [3.63, 3.8) is 0 Å². The van der Waals surface area contributed by atoms with Crippen molar-refractivity contribution in [2.45, 2.75) is 18.6 Å². The summed E-state index contributed by atoms with van der Waals surface area (Å²) < 4.78 is 13.0. The Kier molecular flexibility index (Phi) is 7.46. The minimum absolute atomic E-state index is 0.160. The van der Waals surface area contributed by atoms with Crippen LogP contribution in [0, 0.1) is 0 Å². The van der Waals surface area contributed by atoms with Crippen molar-refractivity contribution < 1.29 is 9.47 Å². The van der Waals surface area contributed by atoms with E-state index < -0.39 is 0 Å². The summed E-state index contributed by atoms with van der Waals surface area (Å²) in [7, 11) is 1.64. The molecule has 4 heterocycles. The summed E-state index contributed by atoms with van der Waals surface area (Å²) in [5.74, 6) is 0.604. The lowest BCUT2D eigenvalue weighted by Crippen LogP contribution is -2.30. The van der Waals surface area contributed by atoms with Crippen molar-refractivity contribution in [1.82, 2.24) is 19.9 Å². The number of anilines is 1. The van der Waals surface area contributed by atoms with Crippen LogP contribution in [0.2, 0.25) is 5.02 Å². The van der Waals surface area contributed by atoms with Gasteiger partial charge in [-0.1, -0.05) is 23.7 Å². The van der Waals surface area contributed by atoms with Crippen LogP contribution in [0.4, 0.5) is 5.69 Å². The summed E-state index contributed by atoms with van der Waals surface area (Å²) >= 11 is 12.5. The van der Waals surface area contributed by atoms with Gasteiger partial charge in [-0.25, -0.2) is 0 Å². The molecular formula is C27H26ClN5O2S. The highest BCUT2D eigenvalue weighted by molar-refractivity contribution is 7.80. The number of thiocarbonyl (C=S) groups is 1. The molecular weight excluding hydrogens is 494 g/mol. The van der Waals surface area contributed by atoms with Gasteiger partial charge in [0.15, 0.2) is 5.11 Å². The maximum Gasteiger partial charge on any atom is 0.174 e. The molecule has 1 aromatic carbocycles. The molecule has 9 heteroatoms. The maximum atomic E-state index is 6.62. The van der Waals surface area contributed by atoms with Crippen molar-refractivity contribution >= 4 is 34.6 Å². The van der Waals surface area contributed by atoms with Gasteiger partial charge in [0.1, 0.15) is 18.4 Å². The smallest absolute Gasteiger partial charge is 0.174 e. The van der Waals surface area contributed by atoms with Crippen molar-refractivity contribution in [2.24, 2.45) is 0 Å². The average molecular weight is 520 g/mol. The SMILES string of the molecule is COCCOc1ccc(N2C(=S)N[C@@H](c3ccccn3)[C@H]2c2cccn2Cc2ccccn2)cc1Cl. The topological polar surface area (TPSA) is 64.4 Å². The number of ether oxygens (including phenoxy) is 2. The lowest BCUT2D eigenvalue weighted by molar-refractivity contribution is 0.146. The normalized spacial score (nSPS) is 17.3. The predicted molar refractivity (Wildman–Crippen MR) is 145 cm³/mol. The number of aromatic nitrogens is 3. The fraction of sp³-hybridized carbons (Fsp3) is 0.222. The van der Waals surface area contributed by atoms with E-state index in [2.05, 4.69) is 37.0 Å². The minimum Gasteiger partial charge on any atom is -0.490 e. The number of nitrogens with one attached hydrogen (secondary N) is 1. The maximum absolute atomic E-state index is 6.62. The van der Waals surface area contributed by atoms with E-state index in [9.17, 15) is 0 Å². The van der Waals surface area contributed by atoms with Gasteiger partial charge in [-0.05, 0) is 66.8 Å². The molecule has 1 N–H and O–H groups in total.